The summed E-state index contributed by atoms with van der Waals surface area (Å²) in [5, 5.41) is 10.7. The van der Waals surface area contributed by atoms with E-state index in [1.165, 1.54) is 5.56 Å². The smallest absolute Gasteiger partial charge is 0.338 e. The third kappa shape index (κ3) is 4.77. The number of carbonyl (C=O) groups excluding carboxylic acids is 1. The van der Waals surface area contributed by atoms with E-state index in [1.54, 1.807) is 20.8 Å². The van der Waals surface area contributed by atoms with Gasteiger partial charge in [0.1, 0.15) is 5.60 Å². The molecular formula is C18H28N2O3. The Bertz CT molecular complexity index is 527. The summed E-state index contributed by atoms with van der Waals surface area (Å²) < 4.78 is 5.38. The number of nitrogens with zero attached hydrogens (tertiary/aromatic N) is 1. The zero-order valence-corrected chi connectivity index (χ0v) is 14.3. The number of benzene rings is 1. The Morgan fingerprint density at radius 1 is 1.39 bits per heavy atom. The summed E-state index contributed by atoms with van der Waals surface area (Å²) in [4.78, 5) is 14.6. The Kier molecular flexibility index (Phi) is 5.45. The molecule has 3 N–H and O–H groups in total. The summed E-state index contributed by atoms with van der Waals surface area (Å²) in [6, 6.07) is 10.1. The van der Waals surface area contributed by atoms with E-state index >= 15 is 0 Å². The minimum atomic E-state index is -1.44. The van der Waals surface area contributed by atoms with Crippen molar-refractivity contribution in [2.24, 2.45) is 5.73 Å². The molecule has 0 radical (unpaired) electrons. The van der Waals surface area contributed by atoms with Gasteiger partial charge in [-0.2, -0.15) is 0 Å². The van der Waals surface area contributed by atoms with Gasteiger partial charge in [-0.3, -0.25) is 4.90 Å². The third-order valence-corrected chi connectivity index (χ3v) is 4.18. The Hall–Kier alpha value is -1.43. The molecule has 5 heteroatoms. The predicted molar refractivity (Wildman–Crippen MR) is 89.7 cm³/mol. The molecule has 1 aromatic rings. The molecule has 1 heterocycles. The van der Waals surface area contributed by atoms with Crippen molar-refractivity contribution in [2.75, 3.05) is 13.1 Å². The van der Waals surface area contributed by atoms with Crippen LogP contribution in [0.4, 0.5) is 0 Å². The van der Waals surface area contributed by atoms with E-state index in [2.05, 4.69) is 17.0 Å². The maximum atomic E-state index is 12.3. The van der Waals surface area contributed by atoms with Gasteiger partial charge in [0, 0.05) is 32.1 Å². The van der Waals surface area contributed by atoms with Crippen molar-refractivity contribution in [1.29, 1.82) is 0 Å². The van der Waals surface area contributed by atoms with E-state index in [0.717, 1.165) is 6.54 Å². The number of aliphatic hydroxyl groups is 1. The van der Waals surface area contributed by atoms with Gasteiger partial charge in [0.05, 0.1) is 0 Å². The maximum absolute atomic E-state index is 12.3. The SMILES string of the molecule is CC(C)(C)OC(=O)C1(O)CCN(Cc2ccccc2)C(CN)C1. The summed E-state index contributed by atoms with van der Waals surface area (Å²) in [5.74, 6) is -0.539. The first-order valence-electron chi connectivity index (χ1n) is 8.17. The van der Waals surface area contributed by atoms with Crippen LogP contribution in [-0.4, -0.2) is 46.3 Å². The average molecular weight is 320 g/mol. The standard InChI is InChI=1S/C18H28N2O3/c1-17(2,3)23-16(21)18(22)9-10-20(15(11-18)12-19)13-14-7-5-4-6-8-14/h4-8,15,22H,9-13,19H2,1-3H3. The largest absolute Gasteiger partial charge is 0.458 e. The molecule has 1 aromatic carbocycles. The van der Waals surface area contributed by atoms with Crippen molar-refractivity contribution < 1.29 is 14.6 Å². The summed E-state index contributed by atoms with van der Waals surface area (Å²) in [6.45, 7) is 7.20. The molecule has 1 fully saturated rings. The molecule has 2 rings (SSSR count). The van der Waals surface area contributed by atoms with E-state index < -0.39 is 17.2 Å². The highest BCUT2D eigenvalue weighted by atomic mass is 16.6. The highest BCUT2D eigenvalue weighted by Gasteiger charge is 2.45. The van der Waals surface area contributed by atoms with Gasteiger partial charge in [0.15, 0.2) is 5.60 Å². The van der Waals surface area contributed by atoms with Crippen molar-refractivity contribution in [3.8, 4) is 0 Å². The highest BCUT2D eigenvalue weighted by molar-refractivity contribution is 5.80. The van der Waals surface area contributed by atoms with Crippen LogP contribution in [0.1, 0.15) is 39.2 Å². The predicted octanol–water partition coefficient (Wildman–Crippen LogP) is 1.68. The fraction of sp³-hybridized carbons (Fsp3) is 0.611. The molecule has 0 aromatic heterocycles. The summed E-state index contributed by atoms with van der Waals surface area (Å²) >= 11 is 0. The Balaban J connectivity index is 2.04. The van der Waals surface area contributed by atoms with Gasteiger partial charge < -0.3 is 15.6 Å². The molecule has 1 saturated heterocycles. The maximum Gasteiger partial charge on any atom is 0.338 e. The molecule has 0 amide bonds. The van der Waals surface area contributed by atoms with Crippen LogP contribution in [0, 0.1) is 0 Å². The number of ether oxygens (including phenoxy) is 1. The highest BCUT2D eigenvalue weighted by Crippen LogP contribution is 2.30. The number of likely N-dealkylation sites (tertiary alicyclic amines) is 1. The van der Waals surface area contributed by atoms with Gasteiger partial charge >= 0.3 is 5.97 Å². The Labute approximate surface area is 138 Å². The molecule has 2 unspecified atom stereocenters. The van der Waals surface area contributed by atoms with E-state index in [4.69, 9.17) is 10.5 Å². The van der Waals surface area contributed by atoms with Gasteiger partial charge in [-0.25, -0.2) is 4.79 Å². The number of nitrogens with two attached hydrogens (primary N) is 1. The van der Waals surface area contributed by atoms with Crippen LogP contribution in [0.3, 0.4) is 0 Å². The molecule has 1 aliphatic heterocycles. The fourth-order valence-electron chi connectivity index (χ4n) is 2.95. The number of esters is 1. The zero-order chi connectivity index (χ0) is 17.1. The fourth-order valence-corrected chi connectivity index (χ4v) is 2.95. The molecular weight excluding hydrogens is 292 g/mol. The number of hydrogen-bond donors (Lipinski definition) is 2. The first kappa shape index (κ1) is 17.9. The first-order chi connectivity index (χ1) is 10.7. The lowest BCUT2D eigenvalue weighted by Crippen LogP contribution is -2.57. The summed E-state index contributed by atoms with van der Waals surface area (Å²) in [5.41, 5.74) is 5.05. The second-order valence-electron chi connectivity index (χ2n) is 7.33. The molecule has 2 atom stereocenters. The van der Waals surface area contributed by atoms with Gasteiger partial charge in [-0.1, -0.05) is 30.3 Å². The van der Waals surface area contributed by atoms with Crippen molar-refractivity contribution in [2.45, 2.75) is 57.4 Å². The van der Waals surface area contributed by atoms with Crippen molar-refractivity contribution in [3.05, 3.63) is 35.9 Å². The lowest BCUT2D eigenvalue weighted by Gasteiger charge is -2.43. The molecule has 0 saturated carbocycles. The van der Waals surface area contributed by atoms with E-state index in [0.29, 0.717) is 25.9 Å². The normalized spacial score (nSPS) is 26.0. The van der Waals surface area contributed by atoms with E-state index in [-0.39, 0.29) is 6.04 Å². The van der Waals surface area contributed by atoms with E-state index in [9.17, 15) is 9.90 Å². The monoisotopic (exact) mass is 320 g/mol. The van der Waals surface area contributed by atoms with Crippen LogP contribution in [0.15, 0.2) is 30.3 Å². The summed E-state index contributed by atoms with van der Waals surface area (Å²) in [7, 11) is 0. The molecule has 1 aliphatic rings. The van der Waals surface area contributed by atoms with Crippen molar-refractivity contribution >= 4 is 5.97 Å². The van der Waals surface area contributed by atoms with E-state index in [1.807, 2.05) is 18.2 Å². The second-order valence-corrected chi connectivity index (χ2v) is 7.33. The van der Waals surface area contributed by atoms with Crippen LogP contribution >= 0.6 is 0 Å². The number of carbonyl (C=O) groups is 1. The zero-order valence-electron chi connectivity index (χ0n) is 14.3. The van der Waals surface area contributed by atoms with Crippen LogP contribution in [0.25, 0.3) is 0 Å². The van der Waals surface area contributed by atoms with Crippen LogP contribution in [-0.2, 0) is 16.1 Å². The number of rotatable bonds is 4. The lowest BCUT2D eigenvalue weighted by molar-refractivity contribution is -0.184. The minimum absolute atomic E-state index is 0.0403. The van der Waals surface area contributed by atoms with Crippen molar-refractivity contribution in [1.82, 2.24) is 4.90 Å². The minimum Gasteiger partial charge on any atom is -0.458 e. The molecule has 5 nitrogen and oxygen atoms in total. The molecule has 128 valence electrons. The van der Waals surface area contributed by atoms with Crippen LogP contribution in [0.2, 0.25) is 0 Å². The molecule has 0 aliphatic carbocycles. The Morgan fingerprint density at radius 2 is 2.04 bits per heavy atom. The first-order valence-corrected chi connectivity index (χ1v) is 8.17. The van der Waals surface area contributed by atoms with Gasteiger partial charge in [0.2, 0.25) is 0 Å². The average Bonchev–Trinajstić information content (AvgIpc) is 2.48. The van der Waals surface area contributed by atoms with Gasteiger partial charge in [-0.15, -0.1) is 0 Å². The molecule has 0 bridgehead atoms. The van der Waals surface area contributed by atoms with Crippen molar-refractivity contribution in [3.63, 3.8) is 0 Å². The van der Waals surface area contributed by atoms with Crippen LogP contribution < -0.4 is 5.73 Å². The van der Waals surface area contributed by atoms with Crippen LogP contribution in [0.5, 0.6) is 0 Å². The molecule has 23 heavy (non-hydrogen) atoms. The quantitative estimate of drug-likeness (QED) is 0.826. The second kappa shape index (κ2) is 6.99. The molecule has 0 spiro atoms. The topological polar surface area (TPSA) is 75.8 Å². The summed E-state index contributed by atoms with van der Waals surface area (Å²) in [6.07, 6.45) is 0.677. The Morgan fingerprint density at radius 3 is 2.61 bits per heavy atom. The number of hydrogen-bond acceptors (Lipinski definition) is 5. The lowest BCUT2D eigenvalue weighted by atomic mass is 9.85. The third-order valence-electron chi connectivity index (χ3n) is 4.18. The number of piperidine rings is 1. The van der Waals surface area contributed by atoms with Gasteiger partial charge in [0.25, 0.3) is 0 Å². The van der Waals surface area contributed by atoms with Gasteiger partial charge in [-0.05, 0) is 32.8 Å².